The summed E-state index contributed by atoms with van der Waals surface area (Å²) in [5.74, 6) is 0.0681. The van der Waals surface area contributed by atoms with Gasteiger partial charge in [-0.2, -0.15) is 0 Å². The molecule has 0 spiro atoms. The number of ether oxygens (including phenoxy) is 1. The summed E-state index contributed by atoms with van der Waals surface area (Å²) in [6.07, 6.45) is 5.98. The van der Waals surface area contributed by atoms with Crippen LogP contribution in [0.2, 0.25) is 0 Å². The topological polar surface area (TPSA) is 109 Å². The third-order valence-electron chi connectivity index (χ3n) is 8.43. The number of nitrogens with zero attached hydrogens (tertiary/aromatic N) is 4. The Morgan fingerprint density at radius 3 is 2.64 bits per heavy atom. The number of hydrogen-bond acceptors (Lipinski definition) is 6. The average Bonchev–Trinajstić information content (AvgIpc) is 3.69. The zero-order valence-electron chi connectivity index (χ0n) is 25.6. The molecule has 2 aliphatic rings. The first-order valence-corrected chi connectivity index (χ1v) is 15.3. The number of fused-ring (bicyclic) bond motifs is 3. The van der Waals surface area contributed by atoms with Gasteiger partial charge < -0.3 is 24.8 Å². The standard InChI is InChI=1S/C33H41FN6O4/c1-22(2)28-19-38(20-30-35-15-17-39(30)24-9-11-25(44-3)12-10-24)21-31(41)36-14-4-6-23-8-13-27(34)26(18-23)33(43)40-16-5-7-29(40)32(42)37-28/h8-13,15,17-18,22,28-29H,4-7,14,16,19-21H2,1-3H3,(H,36,41)(H,37,42)/t28-,29-/m0/s1. The lowest BCUT2D eigenvalue weighted by atomic mass is 10.0. The summed E-state index contributed by atoms with van der Waals surface area (Å²) in [6, 6.07) is 11.2. The molecule has 44 heavy (non-hydrogen) atoms. The van der Waals surface area contributed by atoms with Crippen LogP contribution in [0.4, 0.5) is 4.39 Å². The minimum absolute atomic E-state index is 0.0190. The van der Waals surface area contributed by atoms with Crippen LogP contribution in [0.3, 0.4) is 0 Å². The van der Waals surface area contributed by atoms with Crippen LogP contribution in [0.1, 0.15) is 54.9 Å². The van der Waals surface area contributed by atoms with E-state index in [1.807, 2.05) is 53.8 Å². The summed E-state index contributed by atoms with van der Waals surface area (Å²) in [5.41, 5.74) is 1.70. The van der Waals surface area contributed by atoms with Gasteiger partial charge in [-0.05, 0) is 73.6 Å². The van der Waals surface area contributed by atoms with E-state index >= 15 is 0 Å². The highest BCUT2D eigenvalue weighted by atomic mass is 19.1. The number of benzene rings is 2. The van der Waals surface area contributed by atoms with Crippen molar-refractivity contribution in [1.82, 2.24) is 30.0 Å². The lowest BCUT2D eigenvalue weighted by Gasteiger charge is -2.32. The number of halogens is 1. The van der Waals surface area contributed by atoms with Gasteiger partial charge in [-0.3, -0.25) is 19.3 Å². The molecule has 1 saturated heterocycles. The number of hydrogen-bond donors (Lipinski definition) is 2. The van der Waals surface area contributed by atoms with Crippen LogP contribution < -0.4 is 15.4 Å². The third kappa shape index (κ3) is 7.27. The fourth-order valence-corrected chi connectivity index (χ4v) is 5.90. The van der Waals surface area contributed by atoms with Gasteiger partial charge in [0.15, 0.2) is 0 Å². The van der Waals surface area contributed by atoms with Crippen LogP contribution in [-0.2, 0) is 22.6 Å². The largest absolute Gasteiger partial charge is 0.497 e. The van der Waals surface area contributed by atoms with Crippen molar-refractivity contribution in [1.29, 1.82) is 0 Å². The molecule has 3 heterocycles. The Labute approximate surface area is 257 Å². The molecule has 10 nitrogen and oxygen atoms in total. The van der Waals surface area contributed by atoms with E-state index in [4.69, 9.17) is 4.74 Å². The zero-order chi connectivity index (χ0) is 31.2. The van der Waals surface area contributed by atoms with Crippen molar-refractivity contribution < 1.29 is 23.5 Å². The first kappa shape index (κ1) is 31.2. The van der Waals surface area contributed by atoms with E-state index in [1.165, 1.54) is 11.0 Å². The highest BCUT2D eigenvalue weighted by Crippen LogP contribution is 2.24. The van der Waals surface area contributed by atoms with Crippen LogP contribution in [0.15, 0.2) is 54.9 Å². The van der Waals surface area contributed by atoms with E-state index in [-0.39, 0.29) is 35.9 Å². The molecule has 3 amide bonds. The van der Waals surface area contributed by atoms with Gasteiger partial charge in [0, 0.05) is 43.8 Å². The molecule has 3 aromatic rings. The SMILES string of the molecule is COc1ccc(-n2ccnc2CN2CC(=O)NCCCc3ccc(F)c(c3)C(=O)N3CCC[C@H]3C(=O)N[C@H](C(C)C)C2)cc1. The second kappa shape index (κ2) is 14.0. The van der Waals surface area contributed by atoms with Gasteiger partial charge in [-0.1, -0.05) is 19.9 Å². The number of aromatic nitrogens is 2. The summed E-state index contributed by atoms with van der Waals surface area (Å²) in [6.45, 7) is 5.74. The Balaban J connectivity index is 1.41. The summed E-state index contributed by atoms with van der Waals surface area (Å²) < 4.78 is 22.1. The normalized spacial score (nSPS) is 20.7. The maximum absolute atomic E-state index is 14.8. The number of imidazole rings is 1. The lowest BCUT2D eigenvalue weighted by Crippen LogP contribution is -2.54. The maximum atomic E-state index is 14.8. The van der Waals surface area contributed by atoms with E-state index < -0.39 is 17.8 Å². The number of carbonyl (C=O) groups is 3. The Hall–Kier alpha value is -4.25. The number of methoxy groups -OCH3 is 1. The predicted octanol–water partition coefficient (Wildman–Crippen LogP) is 3.33. The van der Waals surface area contributed by atoms with Crippen LogP contribution in [0, 0.1) is 11.7 Å². The van der Waals surface area contributed by atoms with E-state index in [0.29, 0.717) is 51.9 Å². The summed E-state index contributed by atoms with van der Waals surface area (Å²) in [4.78, 5) is 48.4. The first-order valence-electron chi connectivity index (χ1n) is 15.3. The second-order valence-electron chi connectivity index (χ2n) is 11.9. The van der Waals surface area contributed by atoms with E-state index in [9.17, 15) is 18.8 Å². The highest BCUT2D eigenvalue weighted by molar-refractivity contribution is 5.98. The molecule has 0 radical (unpaired) electrons. The van der Waals surface area contributed by atoms with Gasteiger partial charge in [0.05, 0.1) is 25.8 Å². The monoisotopic (exact) mass is 604 g/mol. The predicted molar refractivity (Wildman–Crippen MR) is 164 cm³/mol. The first-order chi connectivity index (χ1) is 21.2. The average molecular weight is 605 g/mol. The van der Waals surface area contributed by atoms with Gasteiger partial charge in [-0.15, -0.1) is 0 Å². The third-order valence-corrected chi connectivity index (χ3v) is 8.43. The molecular formula is C33H41FN6O4. The van der Waals surface area contributed by atoms with Crippen molar-refractivity contribution in [3.05, 3.63) is 77.6 Å². The summed E-state index contributed by atoms with van der Waals surface area (Å²) >= 11 is 0. The Bertz CT molecular complexity index is 1470. The van der Waals surface area contributed by atoms with Gasteiger partial charge in [0.25, 0.3) is 5.91 Å². The zero-order valence-corrected chi connectivity index (χ0v) is 25.6. The number of carbonyl (C=O) groups excluding carboxylic acids is 3. The number of amides is 3. The number of rotatable bonds is 5. The van der Waals surface area contributed by atoms with Crippen molar-refractivity contribution in [3.63, 3.8) is 0 Å². The highest BCUT2D eigenvalue weighted by Gasteiger charge is 2.37. The Morgan fingerprint density at radius 2 is 1.89 bits per heavy atom. The molecule has 2 aromatic carbocycles. The van der Waals surface area contributed by atoms with Gasteiger partial charge >= 0.3 is 0 Å². The summed E-state index contributed by atoms with van der Waals surface area (Å²) in [5, 5.41) is 6.17. The van der Waals surface area contributed by atoms with Crippen molar-refractivity contribution in [2.45, 2.75) is 58.2 Å². The van der Waals surface area contributed by atoms with Gasteiger partial charge in [0.1, 0.15) is 23.4 Å². The van der Waals surface area contributed by atoms with Crippen molar-refractivity contribution >= 4 is 17.7 Å². The van der Waals surface area contributed by atoms with Crippen LogP contribution >= 0.6 is 0 Å². The van der Waals surface area contributed by atoms with Gasteiger partial charge in [0.2, 0.25) is 11.8 Å². The van der Waals surface area contributed by atoms with Crippen molar-refractivity contribution in [2.24, 2.45) is 5.92 Å². The molecule has 0 aliphatic carbocycles. The lowest BCUT2D eigenvalue weighted by molar-refractivity contribution is -0.126. The Morgan fingerprint density at radius 1 is 1.09 bits per heavy atom. The van der Waals surface area contributed by atoms with E-state index in [1.54, 1.807) is 25.4 Å². The molecule has 2 atom stereocenters. The fraction of sp³-hybridized carbons (Fsp3) is 0.455. The molecule has 5 rings (SSSR count). The van der Waals surface area contributed by atoms with E-state index in [2.05, 4.69) is 15.6 Å². The molecule has 0 unspecified atom stereocenters. The molecule has 1 fully saturated rings. The van der Waals surface area contributed by atoms with Crippen LogP contribution in [-0.4, -0.2) is 82.4 Å². The second-order valence-corrected chi connectivity index (χ2v) is 11.9. The molecule has 0 saturated carbocycles. The molecule has 2 aliphatic heterocycles. The van der Waals surface area contributed by atoms with E-state index in [0.717, 1.165) is 22.8 Å². The summed E-state index contributed by atoms with van der Waals surface area (Å²) in [7, 11) is 1.62. The number of aryl methyl sites for hydroxylation is 1. The molecule has 1 aromatic heterocycles. The molecule has 2 bridgehead atoms. The Kier molecular flexibility index (Phi) is 9.94. The van der Waals surface area contributed by atoms with Crippen molar-refractivity contribution in [3.8, 4) is 11.4 Å². The fourth-order valence-electron chi connectivity index (χ4n) is 5.90. The van der Waals surface area contributed by atoms with Gasteiger partial charge in [-0.25, -0.2) is 9.37 Å². The number of nitrogens with one attached hydrogen (secondary N) is 2. The van der Waals surface area contributed by atoms with Crippen molar-refractivity contribution in [2.75, 3.05) is 33.3 Å². The minimum atomic E-state index is -0.687. The molecule has 2 N–H and O–H groups in total. The molecule has 11 heteroatoms. The molecular weight excluding hydrogens is 563 g/mol. The van der Waals surface area contributed by atoms with Crippen LogP contribution in [0.25, 0.3) is 5.69 Å². The van der Waals surface area contributed by atoms with Crippen LogP contribution in [0.5, 0.6) is 5.75 Å². The maximum Gasteiger partial charge on any atom is 0.257 e. The smallest absolute Gasteiger partial charge is 0.257 e. The minimum Gasteiger partial charge on any atom is -0.497 e. The quantitative estimate of drug-likeness (QED) is 0.463. The molecule has 234 valence electrons.